The van der Waals surface area contributed by atoms with Crippen molar-refractivity contribution in [2.45, 2.75) is 34.7 Å². The van der Waals surface area contributed by atoms with Crippen molar-refractivity contribution in [1.82, 2.24) is 10.3 Å². The van der Waals surface area contributed by atoms with Crippen molar-refractivity contribution in [2.75, 3.05) is 0 Å². The van der Waals surface area contributed by atoms with Crippen molar-refractivity contribution < 1.29 is 0 Å². The molecule has 0 radical (unpaired) electrons. The summed E-state index contributed by atoms with van der Waals surface area (Å²) in [5.41, 5.74) is 1.34. The van der Waals surface area contributed by atoms with E-state index in [0.29, 0.717) is 0 Å². The Hall–Kier alpha value is -0.360. The molecule has 0 amide bonds. The first-order chi connectivity index (χ1) is 8.81. The summed E-state index contributed by atoms with van der Waals surface area (Å²) < 4.78 is 2.24. The lowest BCUT2D eigenvalue weighted by molar-refractivity contribution is 0.680. The van der Waals surface area contributed by atoms with Crippen LogP contribution < -0.4 is 5.32 Å². The molecular formula is C13H13BrN2S2. The summed E-state index contributed by atoms with van der Waals surface area (Å²) in [6.45, 7) is 0.942. The van der Waals surface area contributed by atoms with Gasteiger partial charge in [0, 0.05) is 33.5 Å². The van der Waals surface area contributed by atoms with Gasteiger partial charge in [-0.25, -0.2) is 4.98 Å². The number of hydrogen-bond acceptors (Lipinski definition) is 4. The normalized spacial score (nSPS) is 14.9. The largest absolute Gasteiger partial charge is 0.310 e. The highest BCUT2D eigenvalue weighted by atomic mass is 79.9. The van der Waals surface area contributed by atoms with Gasteiger partial charge in [0.2, 0.25) is 0 Å². The van der Waals surface area contributed by atoms with Crippen molar-refractivity contribution in [3.05, 3.63) is 39.8 Å². The quantitative estimate of drug-likeness (QED) is 0.877. The smallest absolute Gasteiger partial charge is 0.154 e. The highest BCUT2D eigenvalue weighted by Crippen LogP contribution is 2.33. The second-order valence-corrected chi connectivity index (χ2v) is 7.41. The fourth-order valence-electron chi connectivity index (χ4n) is 1.68. The number of rotatable bonds is 5. The number of nitrogens with zero attached hydrogens (tertiary/aromatic N) is 1. The van der Waals surface area contributed by atoms with Crippen LogP contribution >= 0.6 is 39.0 Å². The minimum absolute atomic E-state index is 0.738. The van der Waals surface area contributed by atoms with Gasteiger partial charge in [-0.15, -0.1) is 11.3 Å². The standard InChI is InChI=1S/C13H13BrN2S2/c14-10-1-4-12(18-13-15-5-6-17-13)9(7-10)8-16-11-2-3-11/h1,4-7,11,16H,2-3,8H2. The van der Waals surface area contributed by atoms with Crippen LogP contribution in [0.5, 0.6) is 0 Å². The summed E-state index contributed by atoms with van der Waals surface area (Å²) in [6.07, 6.45) is 4.50. The van der Waals surface area contributed by atoms with E-state index in [9.17, 15) is 0 Å². The van der Waals surface area contributed by atoms with Crippen LogP contribution in [0, 0.1) is 0 Å². The number of aromatic nitrogens is 1. The van der Waals surface area contributed by atoms with Crippen molar-refractivity contribution in [3.8, 4) is 0 Å². The maximum Gasteiger partial charge on any atom is 0.154 e. The zero-order valence-corrected chi connectivity index (χ0v) is 12.9. The third-order valence-electron chi connectivity index (χ3n) is 2.79. The molecule has 1 saturated carbocycles. The van der Waals surface area contributed by atoms with Crippen LogP contribution in [0.1, 0.15) is 18.4 Å². The summed E-state index contributed by atoms with van der Waals surface area (Å²) in [6, 6.07) is 7.20. The second-order valence-electron chi connectivity index (χ2n) is 4.31. The van der Waals surface area contributed by atoms with E-state index in [4.69, 9.17) is 0 Å². The van der Waals surface area contributed by atoms with E-state index < -0.39 is 0 Å². The molecule has 18 heavy (non-hydrogen) atoms. The topological polar surface area (TPSA) is 24.9 Å². The lowest BCUT2D eigenvalue weighted by Crippen LogP contribution is -2.15. The summed E-state index contributed by atoms with van der Waals surface area (Å²) in [5, 5.41) is 5.59. The number of thiazole rings is 1. The Morgan fingerprint density at radius 2 is 2.33 bits per heavy atom. The predicted octanol–water partition coefficient (Wildman–Crippen LogP) is 4.31. The fourth-order valence-corrected chi connectivity index (χ4v) is 3.78. The molecule has 1 aliphatic rings. The number of benzene rings is 1. The van der Waals surface area contributed by atoms with Crippen molar-refractivity contribution in [3.63, 3.8) is 0 Å². The molecule has 1 aliphatic carbocycles. The van der Waals surface area contributed by atoms with Crippen LogP contribution in [-0.2, 0) is 6.54 Å². The van der Waals surface area contributed by atoms with E-state index in [2.05, 4.69) is 44.4 Å². The predicted molar refractivity (Wildman–Crippen MR) is 80.2 cm³/mol. The fraction of sp³-hybridized carbons (Fsp3) is 0.308. The van der Waals surface area contributed by atoms with E-state index >= 15 is 0 Å². The van der Waals surface area contributed by atoms with E-state index in [0.717, 1.165) is 21.4 Å². The first-order valence-electron chi connectivity index (χ1n) is 5.90. The van der Waals surface area contributed by atoms with Crippen LogP contribution in [0.2, 0.25) is 0 Å². The van der Waals surface area contributed by atoms with Gasteiger partial charge in [-0.1, -0.05) is 27.7 Å². The second kappa shape index (κ2) is 5.74. The molecule has 1 N–H and O–H groups in total. The Labute approximate surface area is 123 Å². The molecule has 0 unspecified atom stereocenters. The molecule has 1 aromatic carbocycles. The molecule has 2 aromatic rings. The van der Waals surface area contributed by atoms with Gasteiger partial charge in [0.1, 0.15) is 0 Å². The molecule has 3 rings (SSSR count). The number of hydrogen-bond donors (Lipinski definition) is 1. The average Bonchev–Trinajstić information content (AvgIpc) is 3.06. The SMILES string of the molecule is Brc1ccc(Sc2nccs2)c(CNC2CC2)c1. The van der Waals surface area contributed by atoms with Crippen LogP contribution in [0.15, 0.2) is 43.5 Å². The van der Waals surface area contributed by atoms with Gasteiger partial charge in [-0.2, -0.15) is 0 Å². The minimum atomic E-state index is 0.738. The molecule has 0 aliphatic heterocycles. The molecule has 2 nitrogen and oxygen atoms in total. The maximum atomic E-state index is 4.33. The monoisotopic (exact) mass is 340 g/mol. The van der Waals surface area contributed by atoms with Crippen molar-refractivity contribution in [1.29, 1.82) is 0 Å². The van der Waals surface area contributed by atoms with Gasteiger partial charge in [-0.3, -0.25) is 0 Å². The molecule has 94 valence electrons. The van der Waals surface area contributed by atoms with Gasteiger partial charge in [0.15, 0.2) is 4.34 Å². The lowest BCUT2D eigenvalue weighted by Gasteiger charge is -2.09. The summed E-state index contributed by atoms with van der Waals surface area (Å²) >= 11 is 6.98. The van der Waals surface area contributed by atoms with Gasteiger partial charge in [0.05, 0.1) is 0 Å². The van der Waals surface area contributed by atoms with Crippen molar-refractivity contribution in [2.24, 2.45) is 0 Å². The average molecular weight is 341 g/mol. The molecule has 1 aromatic heterocycles. The molecule has 5 heteroatoms. The lowest BCUT2D eigenvalue weighted by atomic mass is 10.2. The molecule has 1 fully saturated rings. The zero-order valence-electron chi connectivity index (χ0n) is 9.73. The molecule has 0 spiro atoms. The summed E-state index contributed by atoms with van der Waals surface area (Å²) in [7, 11) is 0. The Kier molecular flexibility index (Phi) is 4.03. The van der Waals surface area contributed by atoms with Gasteiger partial charge >= 0.3 is 0 Å². The van der Waals surface area contributed by atoms with Gasteiger partial charge in [-0.05, 0) is 36.6 Å². The summed E-state index contributed by atoms with van der Waals surface area (Å²) in [4.78, 5) is 5.62. The Bertz CT molecular complexity index is 524. The van der Waals surface area contributed by atoms with Gasteiger partial charge in [0.25, 0.3) is 0 Å². The number of nitrogens with one attached hydrogen (secondary N) is 1. The highest BCUT2D eigenvalue weighted by molar-refractivity contribution is 9.10. The molecule has 0 bridgehead atoms. The minimum Gasteiger partial charge on any atom is -0.310 e. The van der Waals surface area contributed by atoms with E-state index in [-0.39, 0.29) is 0 Å². The zero-order chi connectivity index (χ0) is 12.4. The maximum absolute atomic E-state index is 4.33. The Morgan fingerprint density at radius 3 is 3.06 bits per heavy atom. The van der Waals surface area contributed by atoms with Crippen LogP contribution in [0.25, 0.3) is 0 Å². The van der Waals surface area contributed by atoms with Gasteiger partial charge < -0.3 is 5.32 Å². The molecule has 0 saturated heterocycles. The Morgan fingerprint density at radius 1 is 1.44 bits per heavy atom. The first kappa shape index (κ1) is 12.7. The third-order valence-corrected chi connectivity index (χ3v) is 5.28. The Balaban J connectivity index is 1.77. The van der Waals surface area contributed by atoms with E-state index in [1.165, 1.54) is 23.3 Å². The van der Waals surface area contributed by atoms with E-state index in [1.54, 1.807) is 23.1 Å². The summed E-state index contributed by atoms with van der Waals surface area (Å²) in [5.74, 6) is 0. The van der Waals surface area contributed by atoms with Crippen LogP contribution in [0.4, 0.5) is 0 Å². The molecule has 1 heterocycles. The molecule has 0 atom stereocenters. The van der Waals surface area contributed by atoms with Crippen LogP contribution in [0.3, 0.4) is 0 Å². The van der Waals surface area contributed by atoms with Crippen molar-refractivity contribution >= 4 is 39.0 Å². The van der Waals surface area contributed by atoms with E-state index in [1.807, 2.05) is 11.6 Å². The first-order valence-corrected chi connectivity index (χ1v) is 8.39. The highest BCUT2D eigenvalue weighted by Gasteiger charge is 2.20. The van der Waals surface area contributed by atoms with Crippen LogP contribution in [-0.4, -0.2) is 11.0 Å². The number of halogens is 1. The third kappa shape index (κ3) is 3.35. The molecular weight excluding hydrogens is 328 g/mol.